The van der Waals surface area contributed by atoms with Crippen LogP contribution in [0.5, 0.6) is 0 Å². The molecule has 2 fully saturated rings. The Bertz CT molecular complexity index is 1280. The molecule has 2 amide bonds. The minimum absolute atomic E-state index is 0.0271. The van der Waals surface area contributed by atoms with Gasteiger partial charge >= 0.3 is 6.09 Å². The van der Waals surface area contributed by atoms with Crippen molar-refractivity contribution in [3.8, 4) is 0 Å². The molecule has 2 N–H and O–H groups in total. The standard InChI is InChI=1S/C32H45FN4O5S/c1-30(2,3)42-29(39)37-20-24(41-7)19-27(37)28(38)35-26-18-23(10-11-25(26)33)32(15-12-21-8-9-21,22-13-16-34-17-14-22)36-43(40)31(4,5)6/h10-11,13-14,16-18,21,24,27,36H,8-9,12,15,19-20H2,1-7H3,(H,35,38)/t24-,27-,32+,43?/m1/s1. The number of methoxy groups -OCH3 is 1. The number of aromatic nitrogens is 1. The van der Waals surface area contributed by atoms with Gasteiger partial charge in [-0.1, -0.05) is 18.9 Å². The number of amides is 2. The van der Waals surface area contributed by atoms with Crippen LogP contribution < -0.4 is 10.0 Å². The number of ether oxygens (including phenoxy) is 2. The van der Waals surface area contributed by atoms with Gasteiger partial charge < -0.3 is 19.3 Å². The number of hydrogen-bond acceptors (Lipinski definition) is 7. The Hall–Kier alpha value is -2.73. The fourth-order valence-corrected chi connectivity index (χ4v) is 6.20. The Morgan fingerprint density at radius 2 is 1.77 bits per heavy atom. The van der Waals surface area contributed by atoms with E-state index in [1.807, 2.05) is 32.9 Å². The molecule has 0 radical (unpaired) electrons. The third-order valence-electron chi connectivity index (χ3n) is 7.86. The molecule has 1 aliphatic heterocycles. The maximum Gasteiger partial charge on any atom is 0.411 e. The zero-order valence-electron chi connectivity index (χ0n) is 26.2. The first-order chi connectivity index (χ1) is 20.1. The van der Waals surface area contributed by atoms with E-state index in [0.29, 0.717) is 17.9 Å². The third kappa shape index (κ3) is 8.26. The predicted molar refractivity (Wildman–Crippen MR) is 165 cm³/mol. The van der Waals surface area contributed by atoms with Gasteiger partial charge in [0.25, 0.3) is 0 Å². The van der Waals surface area contributed by atoms with Gasteiger partial charge in [-0.2, -0.15) is 0 Å². The van der Waals surface area contributed by atoms with Crippen molar-refractivity contribution in [3.63, 3.8) is 0 Å². The Morgan fingerprint density at radius 3 is 2.35 bits per heavy atom. The summed E-state index contributed by atoms with van der Waals surface area (Å²) in [6.07, 6.45) is 6.43. The van der Waals surface area contributed by atoms with Crippen molar-refractivity contribution in [3.05, 3.63) is 59.7 Å². The van der Waals surface area contributed by atoms with Gasteiger partial charge in [-0.05, 0) is 95.7 Å². The lowest BCUT2D eigenvalue weighted by atomic mass is 9.79. The number of hydrogen-bond donors (Lipinski definition) is 2. The highest BCUT2D eigenvalue weighted by Gasteiger charge is 2.45. The summed E-state index contributed by atoms with van der Waals surface area (Å²) >= 11 is -1.47. The van der Waals surface area contributed by atoms with Crippen molar-refractivity contribution in [1.29, 1.82) is 0 Å². The summed E-state index contributed by atoms with van der Waals surface area (Å²) in [5.74, 6) is -0.578. The molecule has 4 rings (SSSR count). The van der Waals surface area contributed by atoms with Gasteiger partial charge in [0, 0.05) is 37.3 Å². The zero-order valence-corrected chi connectivity index (χ0v) is 27.1. The van der Waals surface area contributed by atoms with Crippen LogP contribution in [0.25, 0.3) is 0 Å². The first kappa shape index (κ1) is 33.2. The highest BCUT2D eigenvalue weighted by molar-refractivity contribution is 7.90. The normalized spacial score (nSPS) is 21.3. The van der Waals surface area contributed by atoms with Gasteiger partial charge in [-0.25, -0.2) is 9.18 Å². The van der Waals surface area contributed by atoms with Gasteiger partial charge in [-0.15, -0.1) is 4.72 Å². The Kier molecular flexibility index (Phi) is 10.1. The molecule has 1 aromatic heterocycles. The quantitative estimate of drug-likeness (QED) is 0.331. The molecule has 2 aliphatic rings. The van der Waals surface area contributed by atoms with Gasteiger partial charge in [0.15, 0.2) is 0 Å². The zero-order chi connectivity index (χ0) is 31.6. The summed E-state index contributed by atoms with van der Waals surface area (Å²) in [4.78, 5) is 32.1. The minimum Gasteiger partial charge on any atom is -0.598 e. The molecule has 0 spiro atoms. The first-order valence-electron chi connectivity index (χ1n) is 14.9. The van der Waals surface area contributed by atoms with Crippen molar-refractivity contribution in [2.45, 2.75) is 102 Å². The number of halogens is 1. The van der Waals surface area contributed by atoms with Crippen molar-refractivity contribution in [1.82, 2.24) is 14.6 Å². The fourth-order valence-electron chi connectivity index (χ4n) is 5.24. The topological polar surface area (TPSA) is 116 Å². The fraction of sp³-hybridized carbons (Fsp3) is 0.594. The van der Waals surface area contributed by atoms with Gasteiger partial charge in [0.05, 0.1) is 18.3 Å². The lowest BCUT2D eigenvalue weighted by Gasteiger charge is -2.39. The molecule has 1 saturated heterocycles. The van der Waals surface area contributed by atoms with Crippen LogP contribution in [0, 0.1) is 11.7 Å². The van der Waals surface area contributed by atoms with E-state index in [2.05, 4.69) is 15.0 Å². The average molecular weight is 617 g/mol. The second-order valence-electron chi connectivity index (χ2n) is 13.5. The molecule has 1 aliphatic carbocycles. The number of pyridine rings is 1. The smallest absolute Gasteiger partial charge is 0.411 e. The Labute approximate surface area is 257 Å². The number of nitrogens with one attached hydrogen (secondary N) is 2. The molecule has 11 heteroatoms. The second-order valence-corrected chi connectivity index (χ2v) is 15.5. The van der Waals surface area contributed by atoms with Crippen LogP contribution in [-0.2, 0) is 31.2 Å². The molecule has 1 aromatic carbocycles. The van der Waals surface area contributed by atoms with Crippen LogP contribution in [0.2, 0.25) is 0 Å². The van der Waals surface area contributed by atoms with E-state index >= 15 is 4.39 Å². The van der Waals surface area contributed by atoms with E-state index in [0.717, 1.165) is 24.8 Å². The molecule has 2 aromatic rings. The second kappa shape index (κ2) is 13.1. The number of rotatable bonds is 10. The van der Waals surface area contributed by atoms with Gasteiger partial charge in [0.2, 0.25) is 5.91 Å². The van der Waals surface area contributed by atoms with E-state index in [1.54, 1.807) is 45.3 Å². The molecule has 9 nitrogen and oxygen atoms in total. The lowest BCUT2D eigenvalue weighted by Crippen LogP contribution is -2.52. The summed E-state index contributed by atoms with van der Waals surface area (Å²) in [5, 5.41) is 2.73. The molecule has 0 bridgehead atoms. The van der Waals surface area contributed by atoms with Gasteiger partial charge in [-0.3, -0.25) is 14.7 Å². The lowest BCUT2D eigenvalue weighted by molar-refractivity contribution is -0.120. The highest BCUT2D eigenvalue weighted by atomic mass is 32.2. The maximum atomic E-state index is 15.4. The SMILES string of the molecule is CO[C@@H]1C[C@H](C(=O)Nc2cc([C@@](CCC3CC3)(N[S+]([O-])C(C)(C)C)c3ccncc3)ccc2F)N(C(=O)OC(C)(C)C)C1. The monoisotopic (exact) mass is 616 g/mol. The molecule has 236 valence electrons. The van der Waals surface area contributed by atoms with E-state index in [9.17, 15) is 14.1 Å². The van der Waals surface area contributed by atoms with Crippen LogP contribution in [0.4, 0.5) is 14.9 Å². The molecular weight excluding hydrogens is 571 g/mol. The van der Waals surface area contributed by atoms with Crippen molar-refractivity contribution < 1.29 is 28.0 Å². The predicted octanol–water partition coefficient (Wildman–Crippen LogP) is 5.67. The van der Waals surface area contributed by atoms with Crippen LogP contribution in [0.1, 0.15) is 84.8 Å². The van der Waals surface area contributed by atoms with Crippen molar-refractivity contribution in [2.75, 3.05) is 19.0 Å². The maximum absolute atomic E-state index is 15.4. The molecule has 1 unspecified atom stereocenters. The molecular formula is C32H45FN4O5S. The number of carbonyl (C=O) groups is 2. The van der Waals surface area contributed by atoms with Crippen LogP contribution >= 0.6 is 0 Å². The Morgan fingerprint density at radius 1 is 1.09 bits per heavy atom. The summed E-state index contributed by atoms with van der Waals surface area (Å²) < 4.78 is 42.8. The number of likely N-dealkylation sites (tertiary alicyclic amines) is 1. The summed E-state index contributed by atoms with van der Waals surface area (Å²) in [7, 11) is 1.52. The summed E-state index contributed by atoms with van der Waals surface area (Å²) in [6.45, 7) is 11.1. The summed E-state index contributed by atoms with van der Waals surface area (Å²) in [5.41, 5.74) is -0.201. The largest absolute Gasteiger partial charge is 0.598 e. The molecule has 43 heavy (non-hydrogen) atoms. The number of benzene rings is 1. The van der Waals surface area contributed by atoms with E-state index in [4.69, 9.17) is 9.47 Å². The first-order valence-corrected chi connectivity index (χ1v) is 16.0. The van der Waals surface area contributed by atoms with Crippen molar-refractivity contribution >= 4 is 29.0 Å². The number of carbonyl (C=O) groups excluding carboxylic acids is 2. The van der Waals surface area contributed by atoms with E-state index in [1.165, 1.54) is 18.1 Å². The number of nitrogens with zero attached hydrogens (tertiary/aromatic N) is 2. The Balaban J connectivity index is 1.70. The van der Waals surface area contributed by atoms with Crippen molar-refractivity contribution in [2.24, 2.45) is 5.92 Å². The van der Waals surface area contributed by atoms with E-state index < -0.39 is 51.1 Å². The minimum atomic E-state index is -1.47. The molecule has 1 saturated carbocycles. The van der Waals surface area contributed by atoms with Crippen LogP contribution in [0.3, 0.4) is 0 Å². The van der Waals surface area contributed by atoms with Crippen LogP contribution in [-0.4, -0.2) is 62.6 Å². The molecule has 4 atom stereocenters. The number of anilines is 1. The van der Waals surface area contributed by atoms with Crippen LogP contribution in [0.15, 0.2) is 42.7 Å². The third-order valence-corrected chi connectivity index (χ3v) is 9.51. The highest BCUT2D eigenvalue weighted by Crippen LogP contribution is 2.43. The summed E-state index contributed by atoms with van der Waals surface area (Å²) in [6, 6.07) is 7.45. The van der Waals surface area contributed by atoms with E-state index in [-0.39, 0.29) is 24.8 Å². The average Bonchev–Trinajstić information content (AvgIpc) is 3.66. The molecule has 2 heterocycles. The van der Waals surface area contributed by atoms with Gasteiger partial charge in [0.1, 0.15) is 27.7 Å².